The molecule has 0 aliphatic heterocycles. The van der Waals surface area contributed by atoms with E-state index in [4.69, 9.17) is 0 Å². The molecule has 0 saturated carbocycles. The lowest BCUT2D eigenvalue weighted by Gasteiger charge is -2.11. The Morgan fingerprint density at radius 3 is 2.47 bits per heavy atom. The summed E-state index contributed by atoms with van der Waals surface area (Å²) in [5.41, 5.74) is 3.49. The van der Waals surface area contributed by atoms with E-state index in [1.807, 2.05) is 50.2 Å². The van der Waals surface area contributed by atoms with Crippen LogP contribution in [0.1, 0.15) is 21.5 Å². The number of benzene rings is 2. The van der Waals surface area contributed by atoms with Crippen LogP contribution >= 0.6 is 31.9 Å². The molecule has 0 atom stereocenters. The lowest BCUT2D eigenvalue weighted by molar-refractivity contribution is 0.102. The zero-order chi connectivity index (χ0) is 14.0. The Morgan fingerprint density at radius 1 is 1.05 bits per heavy atom. The average Bonchev–Trinajstić information content (AvgIpc) is 2.34. The molecule has 0 spiro atoms. The van der Waals surface area contributed by atoms with Gasteiger partial charge in [0.1, 0.15) is 0 Å². The molecule has 0 saturated heterocycles. The largest absolute Gasteiger partial charge is 0.321 e. The Hall–Kier alpha value is -1.13. The number of anilines is 1. The number of carbonyl (C=O) groups is 1. The molecule has 0 radical (unpaired) electrons. The van der Waals surface area contributed by atoms with E-state index >= 15 is 0 Å². The number of nitrogens with one attached hydrogen (secondary N) is 1. The molecule has 0 aliphatic rings. The fourth-order valence-electron chi connectivity index (χ4n) is 1.82. The van der Waals surface area contributed by atoms with Gasteiger partial charge in [-0.2, -0.15) is 0 Å². The molecule has 98 valence electrons. The number of aryl methyl sites for hydroxylation is 2. The Morgan fingerprint density at radius 2 is 1.79 bits per heavy atom. The predicted octanol–water partition coefficient (Wildman–Crippen LogP) is 5.08. The van der Waals surface area contributed by atoms with E-state index in [1.54, 1.807) is 0 Å². The van der Waals surface area contributed by atoms with Crippen LogP contribution in [0.2, 0.25) is 0 Å². The minimum absolute atomic E-state index is 0.101. The molecule has 0 bridgehead atoms. The SMILES string of the molecule is Cc1cc(Br)ccc1C(=O)Nc1cccc(C)c1Br. The van der Waals surface area contributed by atoms with Crippen LogP contribution in [0.15, 0.2) is 45.3 Å². The minimum atomic E-state index is -0.101. The maximum Gasteiger partial charge on any atom is 0.255 e. The highest BCUT2D eigenvalue weighted by Crippen LogP contribution is 2.26. The first-order valence-electron chi connectivity index (χ1n) is 5.81. The number of carbonyl (C=O) groups excluding carboxylic acids is 1. The van der Waals surface area contributed by atoms with Crippen molar-refractivity contribution < 1.29 is 4.79 Å². The lowest BCUT2D eigenvalue weighted by Crippen LogP contribution is -2.13. The molecule has 0 heterocycles. The van der Waals surface area contributed by atoms with Crippen LogP contribution in [-0.4, -0.2) is 5.91 Å². The Labute approximate surface area is 129 Å². The number of halogens is 2. The molecule has 1 N–H and O–H groups in total. The maximum absolute atomic E-state index is 12.3. The van der Waals surface area contributed by atoms with Crippen molar-refractivity contribution in [2.75, 3.05) is 5.32 Å². The Kier molecular flexibility index (Phi) is 4.42. The van der Waals surface area contributed by atoms with E-state index in [9.17, 15) is 4.79 Å². The third kappa shape index (κ3) is 3.25. The van der Waals surface area contributed by atoms with Gasteiger partial charge in [-0.1, -0.05) is 28.1 Å². The zero-order valence-electron chi connectivity index (χ0n) is 10.6. The first-order valence-corrected chi connectivity index (χ1v) is 7.40. The van der Waals surface area contributed by atoms with E-state index in [0.717, 1.165) is 25.8 Å². The zero-order valence-corrected chi connectivity index (χ0v) is 13.8. The van der Waals surface area contributed by atoms with Crippen LogP contribution in [0, 0.1) is 13.8 Å². The molecule has 2 nitrogen and oxygen atoms in total. The van der Waals surface area contributed by atoms with Gasteiger partial charge in [-0.15, -0.1) is 0 Å². The highest BCUT2D eigenvalue weighted by molar-refractivity contribution is 9.11. The van der Waals surface area contributed by atoms with Crippen molar-refractivity contribution in [1.82, 2.24) is 0 Å². The first-order chi connectivity index (χ1) is 8.99. The van der Waals surface area contributed by atoms with Gasteiger partial charge in [0.15, 0.2) is 0 Å². The normalized spacial score (nSPS) is 10.3. The second-order valence-corrected chi connectivity index (χ2v) is 6.06. The quantitative estimate of drug-likeness (QED) is 0.770. The van der Waals surface area contributed by atoms with Gasteiger partial charge in [-0.3, -0.25) is 4.79 Å². The van der Waals surface area contributed by atoms with E-state index in [0.29, 0.717) is 5.56 Å². The number of hydrogen-bond acceptors (Lipinski definition) is 1. The first kappa shape index (κ1) is 14.3. The molecule has 4 heteroatoms. The third-order valence-electron chi connectivity index (χ3n) is 2.87. The summed E-state index contributed by atoms with van der Waals surface area (Å²) in [4.78, 5) is 12.3. The maximum atomic E-state index is 12.3. The van der Waals surface area contributed by atoms with Gasteiger partial charge in [0.2, 0.25) is 0 Å². The number of rotatable bonds is 2. The van der Waals surface area contributed by atoms with Gasteiger partial charge in [-0.25, -0.2) is 0 Å². The van der Waals surface area contributed by atoms with Crippen LogP contribution in [0.25, 0.3) is 0 Å². The molecule has 1 amide bonds. The summed E-state index contributed by atoms with van der Waals surface area (Å²) in [5, 5.41) is 2.93. The van der Waals surface area contributed by atoms with Gasteiger partial charge < -0.3 is 5.32 Å². The summed E-state index contributed by atoms with van der Waals surface area (Å²) in [6, 6.07) is 11.4. The van der Waals surface area contributed by atoms with Crippen molar-refractivity contribution in [3.05, 3.63) is 62.0 Å². The second kappa shape index (κ2) is 5.88. The topological polar surface area (TPSA) is 29.1 Å². The van der Waals surface area contributed by atoms with Crippen molar-refractivity contribution in [3.63, 3.8) is 0 Å². The number of hydrogen-bond donors (Lipinski definition) is 1. The molecule has 0 fully saturated rings. The van der Waals surface area contributed by atoms with Gasteiger partial charge in [0.05, 0.1) is 5.69 Å². The van der Waals surface area contributed by atoms with Crippen LogP contribution in [0.5, 0.6) is 0 Å². The molecule has 2 aromatic rings. The third-order valence-corrected chi connectivity index (χ3v) is 4.42. The second-order valence-electron chi connectivity index (χ2n) is 4.35. The number of amides is 1. The average molecular weight is 383 g/mol. The molecule has 0 aliphatic carbocycles. The fraction of sp³-hybridized carbons (Fsp3) is 0.133. The Balaban J connectivity index is 2.28. The monoisotopic (exact) mass is 381 g/mol. The highest BCUT2D eigenvalue weighted by Gasteiger charge is 2.11. The summed E-state index contributed by atoms with van der Waals surface area (Å²) < 4.78 is 1.89. The molecule has 2 rings (SSSR count). The smallest absolute Gasteiger partial charge is 0.255 e. The van der Waals surface area contributed by atoms with E-state index < -0.39 is 0 Å². The summed E-state index contributed by atoms with van der Waals surface area (Å²) in [7, 11) is 0. The van der Waals surface area contributed by atoms with E-state index in [-0.39, 0.29) is 5.91 Å². The van der Waals surface area contributed by atoms with Crippen LogP contribution in [-0.2, 0) is 0 Å². The fourth-order valence-corrected chi connectivity index (χ4v) is 2.65. The van der Waals surface area contributed by atoms with Crippen molar-refractivity contribution in [1.29, 1.82) is 0 Å². The van der Waals surface area contributed by atoms with Crippen LogP contribution in [0.3, 0.4) is 0 Å². The van der Waals surface area contributed by atoms with Crippen molar-refractivity contribution in [3.8, 4) is 0 Å². The molecular weight excluding hydrogens is 370 g/mol. The van der Waals surface area contributed by atoms with Crippen molar-refractivity contribution in [2.45, 2.75) is 13.8 Å². The van der Waals surface area contributed by atoms with Gasteiger partial charge >= 0.3 is 0 Å². The summed E-state index contributed by atoms with van der Waals surface area (Å²) in [6.07, 6.45) is 0. The van der Waals surface area contributed by atoms with Gasteiger partial charge in [0.25, 0.3) is 5.91 Å². The molecule has 19 heavy (non-hydrogen) atoms. The van der Waals surface area contributed by atoms with E-state index in [1.165, 1.54) is 0 Å². The van der Waals surface area contributed by atoms with Crippen molar-refractivity contribution in [2.24, 2.45) is 0 Å². The molecule has 2 aromatic carbocycles. The molecule has 0 aromatic heterocycles. The summed E-state index contributed by atoms with van der Waals surface area (Å²) >= 11 is 6.88. The molecule has 0 unspecified atom stereocenters. The molecular formula is C15H13Br2NO. The lowest BCUT2D eigenvalue weighted by atomic mass is 10.1. The summed E-state index contributed by atoms with van der Waals surface area (Å²) in [5.74, 6) is -0.101. The van der Waals surface area contributed by atoms with Gasteiger partial charge in [0, 0.05) is 14.5 Å². The van der Waals surface area contributed by atoms with Crippen LogP contribution in [0.4, 0.5) is 5.69 Å². The highest BCUT2D eigenvalue weighted by atomic mass is 79.9. The van der Waals surface area contributed by atoms with Crippen LogP contribution < -0.4 is 5.32 Å². The van der Waals surface area contributed by atoms with E-state index in [2.05, 4.69) is 37.2 Å². The minimum Gasteiger partial charge on any atom is -0.321 e. The predicted molar refractivity (Wildman–Crippen MR) is 85.7 cm³/mol. The van der Waals surface area contributed by atoms with Gasteiger partial charge in [-0.05, 0) is 65.2 Å². The van der Waals surface area contributed by atoms with Crippen molar-refractivity contribution >= 4 is 43.5 Å². The Bertz CT molecular complexity index is 638. The standard InChI is InChI=1S/C15H13Br2NO/c1-9-4-3-5-13(14(9)17)18-15(19)12-7-6-11(16)8-10(12)2/h3-8H,1-2H3,(H,18,19). The summed E-state index contributed by atoms with van der Waals surface area (Å²) in [6.45, 7) is 3.91.